The van der Waals surface area contributed by atoms with Gasteiger partial charge in [-0.05, 0) is 44.5 Å². The fourth-order valence-corrected chi connectivity index (χ4v) is 2.71. The summed E-state index contributed by atoms with van der Waals surface area (Å²) in [6, 6.07) is 8.19. The quantitative estimate of drug-likeness (QED) is 0.930. The Hall–Kier alpha value is -1.32. The molecule has 0 fully saturated rings. The number of rotatable bonds is 4. The van der Waals surface area contributed by atoms with Crippen molar-refractivity contribution in [1.82, 2.24) is 15.1 Å². The summed E-state index contributed by atoms with van der Waals surface area (Å²) in [6.07, 6.45) is 0.895. The summed E-state index contributed by atoms with van der Waals surface area (Å²) < 4.78 is 1.93. The highest BCUT2D eigenvalue weighted by Gasteiger charge is 2.17. The van der Waals surface area contributed by atoms with Gasteiger partial charge < -0.3 is 5.32 Å². The van der Waals surface area contributed by atoms with Crippen LogP contribution in [0.15, 0.2) is 24.3 Å². The number of likely N-dealkylation sites (N-methyl/N-ethyl adjacent to an activating group) is 1. The number of hydrogen-bond donors (Lipinski definition) is 1. The van der Waals surface area contributed by atoms with Crippen molar-refractivity contribution >= 4 is 11.6 Å². The number of nitrogens with zero attached hydrogens (tertiary/aromatic N) is 2. The van der Waals surface area contributed by atoms with Crippen LogP contribution in [0.25, 0.3) is 0 Å². The molecule has 0 radical (unpaired) electrons. The second kappa shape index (κ2) is 5.76. The fraction of sp³-hybridized carbons (Fsp3) is 0.400. The first kappa shape index (κ1) is 14.1. The molecule has 3 nitrogen and oxygen atoms in total. The van der Waals surface area contributed by atoms with E-state index in [0.717, 1.165) is 22.7 Å². The lowest BCUT2D eigenvalue weighted by Crippen LogP contribution is -2.19. The smallest absolute Gasteiger partial charge is 0.0629 e. The summed E-state index contributed by atoms with van der Waals surface area (Å²) in [4.78, 5) is 0. The van der Waals surface area contributed by atoms with Crippen LogP contribution in [0.2, 0.25) is 5.02 Å². The van der Waals surface area contributed by atoms with Crippen LogP contribution in [-0.2, 0) is 13.5 Å². The molecular formula is C15H20ClN3. The highest BCUT2D eigenvalue weighted by atomic mass is 35.5. The summed E-state index contributed by atoms with van der Waals surface area (Å²) in [7, 11) is 3.95. The lowest BCUT2D eigenvalue weighted by Gasteiger charge is -2.18. The molecule has 0 amide bonds. The van der Waals surface area contributed by atoms with E-state index in [1.54, 1.807) is 0 Å². The monoisotopic (exact) mass is 277 g/mol. The van der Waals surface area contributed by atoms with Crippen molar-refractivity contribution < 1.29 is 0 Å². The predicted molar refractivity (Wildman–Crippen MR) is 79.6 cm³/mol. The zero-order valence-corrected chi connectivity index (χ0v) is 12.6. The molecule has 1 aromatic heterocycles. The van der Waals surface area contributed by atoms with Gasteiger partial charge in [0.1, 0.15) is 0 Å². The minimum atomic E-state index is 0.204. The molecular weight excluding hydrogens is 258 g/mol. The van der Waals surface area contributed by atoms with Gasteiger partial charge in [-0.2, -0.15) is 5.10 Å². The minimum Gasteiger partial charge on any atom is -0.313 e. The zero-order chi connectivity index (χ0) is 14.0. The molecule has 0 saturated carbocycles. The summed E-state index contributed by atoms with van der Waals surface area (Å²) in [6.45, 7) is 4.16. The van der Waals surface area contributed by atoms with Gasteiger partial charge in [0.15, 0.2) is 0 Å². The average Bonchev–Trinajstić information content (AvgIpc) is 2.63. The first-order valence-corrected chi connectivity index (χ1v) is 6.83. The Morgan fingerprint density at radius 2 is 2.00 bits per heavy atom. The average molecular weight is 278 g/mol. The number of benzene rings is 1. The molecule has 1 unspecified atom stereocenters. The van der Waals surface area contributed by atoms with E-state index in [9.17, 15) is 0 Å². The van der Waals surface area contributed by atoms with E-state index in [-0.39, 0.29) is 6.04 Å². The van der Waals surface area contributed by atoms with Crippen LogP contribution in [0.4, 0.5) is 0 Å². The van der Waals surface area contributed by atoms with Gasteiger partial charge in [0.2, 0.25) is 0 Å². The van der Waals surface area contributed by atoms with Crippen molar-refractivity contribution in [1.29, 1.82) is 0 Å². The van der Waals surface area contributed by atoms with Gasteiger partial charge in [-0.15, -0.1) is 0 Å². The Balaban J connectivity index is 2.32. The van der Waals surface area contributed by atoms with Crippen LogP contribution in [0.5, 0.6) is 0 Å². The Morgan fingerprint density at radius 1 is 1.32 bits per heavy atom. The molecule has 2 rings (SSSR count). The highest BCUT2D eigenvalue weighted by molar-refractivity contribution is 6.31. The van der Waals surface area contributed by atoms with Gasteiger partial charge in [-0.1, -0.05) is 29.8 Å². The van der Waals surface area contributed by atoms with Crippen molar-refractivity contribution in [2.75, 3.05) is 7.05 Å². The standard InChI is InChI=1S/C15H20ClN3/c1-10-13(11(2)19(4)18-10)9-15(17-3)12-7-5-6-8-14(12)16/h5-8,15,17H,9H2,1-4H3. The molecule has 0 saturated heterocycles. The molecule has 102 valence electrons. The number of nitrogens with one attached hydrogen (secondary N) is 1. The third-order valence-electron chi connectivity index (χ3n) is 3.70. The van der Waals surface area contributed by atoms with Crippen LogP contribution in [-0.4, -0.2) is 16.8 Å². The molecule has 0 aliphatic rings. The van der Waals surface area contributed by atoms with E-state index in [1.807, 2.05) is 37.0 Å². The minimum absolute atomic E-state index is 0.204. The van der Waals surface area contributed by atoms with Crippen molar-refractivity contribution in [3.8, 4) is 0 Å². The fourth-order valence-electron chi connectivity index (χ4n) is 2.44. The summed E-state index contributed by atoms with van der Waals surface area (Å²) in [5.74, 6) is 0. The molecule has 2 aromatic rings. The third kappa shape index (κ3) is 2.82. The molecule has 0 aliphatic carbocycles. The normalized spacial score (nSPS) is 12.7. The molecule has 19 heavy (non-hydrogen) atoms. The van der Waals surface area contributed by atoms with E-state index in [0.29, 0.717) is 0 Å². The van der Waals surface area contributed by atoms with Crippen LogP contribution in [0, 0.1) is 13.8 Å². The Kier molecular flexibility index (Phi) is 4.27. The number of aryl methyl sites for hydroxylation is 2. The highest BCUT2D eigenvalue weighted by Crippen LogP contribution is 2.27. The molecule has 4 heteroatoms. The second-order valence-corrected chi connectivity index (χ2v) is 5.25. The maximum atomic E-state index is 6.29. The second-order valence-electron chi connectivity index (χ2n) is 4.84. The van der Waals surface area contributed by atoms with Crippen molar-refractivity contribution in [3.63, 3.8) is 0 Å². The van der Waals surface area contributed by atoms with Crippen LogP contribution >= 0.6 is 11.6 Å². The Labute approximate surface area is 119 Å². The molecule has 1 aromatic carbocycles. The van der Waals surface area contributed by atoms with Crippen LogP contribution in [0.1, 0.15) is 28.6 Å². The maximum absolute atomic E-state index is 6.29. The third-order valence-corrected chi connectivity index (χ3v) is 4.04. The largest absolute Gasteiger partial charge is 0.313 e. The first-order chi connectivity index (χ1) is 9.04. The summed E-state index contributed by atoms with van der Waals surface area (Å²) in [5.41, 5.74) is 4.73. The topological polar surface area (TPSA) is 29.9 Å². The van der Waals surface area contributed by atoms with Crippen LogP contribution < -0.4 is 5.32 Å². The van der Waals surface area contributed by atoms with E-state index in [2.05, 4.69) is 30.3 Å². The van der Waals surface area contributed by atoms with Crippen molar-refractivity contribution in [2.24, 2.45) is 7.05 Å². The van der Waals surface area contributed by atoms with Crippen molar-refractivity contribution in [2.45, 2.75) is 26.3 Å². The number of hydrogen-bond acceptors (Lipinski definition) is 2. The van der Waals surface area contributed by atoms with Crippen LogP contribution in [0.3, 0.4) is 0 Å². The number of halogens is 1. The predicted octanol–water partition coefficient (Wildman–Crippen LogP) is 3.19. The summed E-state index contributed by atoms with van der Waals surface area (Å²) in [5, 5.41) is 8.63. The van der Waals surface area contributed by atoms with E-state index < -0.39 is 0 Å². The van der Waals surface area contributed by atoms with E-state index in [4.69, 9.17) is 11.6 Å². The van der Waals surface area contributed by atoms with Gasteiger partial charge in [-0.25, -0.2) is 0 Å². The molecule has 1 N–H and O–H groups in total. The van der Waals surface area contributed by atoms with Gasteiger partial charge in [0, 0.05) is 23.8 Å². The SMILES string of the molecule is CNC(Cc1c(C)nn(C)c1C)c1ccccc1Cl. The first-order valence-electron chi connectivity index (χ1n) is 6.45. The molecule has 0 bridgehead atoms. The van der Waals surface area contributed by atoms with Gasteiger partial charge in [-0.3, -0.25) is 4.68 Å². The van der Waals surface area contributed by atoms with Gasteiger partial charge in [0.05, 0.1) is 5.69 Å². The van der Waals surface area contributed by atoms with Gasteiger partial charge in [0.25, 0.3) is 0 Å². The van der Waals surface area contributed by atoms with Gasteiger partial charge >= 0.3 is 0 Å². The number of aromatic nitrogens is 2. The Morgan fingerprint density at radius 3 is 2.53 bits per heavy atom. The lowest BCUT2D eigenvalue weighted by molar-refractivity contribution is 0.588. The summed E-state index contributed by atoms with van der Waals surface area (Å²) >= 11 is 6.29. The zero-order valence-electron chi connectivity index (χ0n) is 11.9. The lowest BCUT2D eigenvalue weighted by atomic mass is 9.98. The molecule has 1 atom stereocenters. The van der Waals surface area contributed by atoms with E-state index >= 15 is 0 Å². The van der Waals surface area contributed by atoms with E-state index in [1.165, 1.54) is 11.3 Å². The molecule has 0 aliphatic heterocycles. The molecule has 1 heterocycles. The maximum Gasteiger partial charge on any atom is 0.0629 e. The molecule has 0 spiro atoms. The Bertz CT molecular complexity index is 575. The van der Waals surface area contributed by atoms with Crippen molar-refractivity contribution in [3.05, 3.63) is 51.8 Å².